The number of piperidine rings is 1. The monoisotopic (exact) mass is 241 g/mol. The molecule has 0 saturated carbocycles. The van der Waals surface area contributed by atoms with E-state index in [4.69, 9.17) is 0 Å². The Kier molecular flexibility index (Phi) is 4.93. The molecule has 98 valence electrons. The van der Waals surface area contributed by atoms with Gasteiger partial charge in [0, 0.05) is 6.54 Å². The maximum absolute atomic E-state index is 12.0. The van der Waals surface area contributed by atoms with Crippen LogP contribution in [0.4, 0.5) is 0 Å². The Labute approximate surface area is 103 Å². The Bertz CT molecular complexity index is 289. The minimum absolute atomic E-state index is 0.0520. The number of rotatable bonds is 4. The average molecular weight is 241 g/mol. The molecule has 0 spiro atoms. The van der Waals surface area contributed by atoms with Gasteiger partial charge in [0.2, 0.25) is 11.8 Å². The summed E-state index contributed by atoms with van der Waals surface area (Å²) in [5.41, 5.74) is -0.0520. The van der Waals surface area contributed by atoms with E-state index in [-0.39, 0.29) is 29.8 Å². The van der Waals surface area contributed by atoms with E-state index in [1.54, 1.807) is 0 Å². The molecule has 1 saturated heterocycles. The highest BCUT2D eigenvalue weighted by molar-refractivity contribution is 5.87. The van der Waals surface area contributed by atoms with E-state index in [9.17, 15) is 9.59 Å². The van der Waals surface area contributed by atoms with E-state index in [2.05, 4.69) is 29.8 Å². The van der Waals surface area contributed by atoms with Gasteiger partial charge >= 0.3 is 0 Å². The van der Waals surface area contributed by atoms with E-state index in [0.29, 0.717) is 6.54 Å². The SMILES string of the molecule is CCNC(=O)CNC(=O)C1NCCCC1(C)C. The second-order valence-electron chi connectivity index (χ2n) is 5.15. The summed E-state index contributed by atoms with van der Waals surface area (Å²) < 4.78 is 0. The zero-order chi connectivity index (χ0) is 12.9. The van der Waals surface area contributed by atoms with Crippen molar-refractivity contribution in [2.24, 2.45) is 5.41 Å². The molecule has 1 aliphatic rings. The van der Waals surface area contributed by atoms with Crippen LogP contribution in [-0.2, 0) is 9.59 Å². The fourth-order valence-electron chi connectivity index (χ4n) is 2.19. The minimum Gasteiger partial charge on any atom is -0.355 e. The number of likely N-dealkylation sites (N-methyl/N-ethyl adjacent to an activating group) is 1. The van der Waals surface area contributed by atoms with Gasteiger partial charge in [-0.3, -0.25) is 9.59 Å². The van der Waals surface area contributed by atoms with Gasteiger partial charge in [-0.15, -0.1) is 0 Å². The summed E-state index contributed by atoms with van der Waals surface area (Å²) in [6, 6.07) is -0.203. The molecule has 5 heteroatoms. The van der Waals surface area contributed by atoms with Crippen LogP contribution in [0, 0.1) is 5.41 Å². The lowest BCUT2D eigenvalue weighted by Gasteiger charge is -2.38. The van der Waals surface area contributed by atoms with E-state index < -0.39 is 0 Å². The summed E-state index contributed by atoms with van der Waals surface area (Å²) in [6.45, 7) is 7.52. The summed E-state index contributed by atoms with van der Waals surface area (Å²) in [5.74, 6) is -0.226. The van der Waals surface area contributed by atoms with Gasteiger partial charge in [0.25, 0.3) is 0 Å². The highest BCUT2D eigenvalue weighted by Crippen LogP contribution is 2.29. The molecular formula is C12H23N3O2. The van der Waals surface area contributed by atoms with Crippen LogP contribution in [0.3, 0.4) is 0 Å². The quantitative estimate of drug-likeness (QED) is 0.650. The molecule has 1 fully saturated rings. The van der Waals surface area contributed by atoms with Gasteiger partial charge in [-0.1, -0.05) is 13.8 Å². The van der Waals surface area contributed by atoms with Crippen LogP contribution in [0.2, 0.25) is 0 Å². The van der Waals surface area contributed by atoms with E-state index in [1.165, 1.54) is 0 Å². The van der Waals surface area contributed by atoms with Crippen molar-refractivity contribution in [3.8, 4) is 0 Å². The Hall–Kier alpha value is -1.10. The smallest absolute Gasteiger partial charge is 0.239 e. The van der Waals surface area contributed by atoms with Crippen LogP contribution >= 0.6 is 0 Å². The zero-order valence-corrected chi connectivity index (χ0v) is 10.9. The predicted molar refractivity (Wildman–Crippen MR) is 66.5 cm³/mol. The molecule has 1 unspecified atom stereocenters. The summed E-state index contributed by atoms with van der Waals surface area (Å²) >= 11 is 0. The Morgan fingerprint density at radius 3 is 2.65 bits per heavy atom. The lowest BCUT2D eigenvalue weighted by molar-refractivity contribution is -0.129. The lowest BCUT2D eigenvalue weighted by Crippen LogP contribution is -2.56. The van der Waals surface area contributed by atoms with Crippen molar-refractivity contribution in [2.45, 2.75) is 39.7 Å². The molecule has 1 aliphatic heterocycles. The van der Waals surface area contributed by atoms with E-state index in [1.807, 2.05) is 6.92 Å². The highest BCUT2D eigenvalue weighted by atomic mass is 16.2. The van der Waals surface area contributed by atoms with Gasteiger partial charge in [0.1, 0.15) is 0 Å². The van der Waals surface area contributed by atoms with Crippen molar-refractivity contribution in [3.63, 3.8) is 0 Å². The Balaban J connectivity index is 2.43. The molecule has 3 N–H and O–H groups in total. The van der Waals surface area contributed by atoms with Crippen LogP contribution in [0.15, 0.2) is 0 Å². The van der Waals surface area contributed by atoms with Gasteiger partial charge in [0.05, 0.1) is 12.6 Å². The van der Waals surface area contributed by atoms with Crippen molar-refractivity contribution in [3.05, 3.63) is 0 Å². The van der Waals surface area contributed by atoms with Gasteiger partial charge in [0.15, 0.2) is 0 Å². The molecule has 1 atom stereocenters. The number of nitrogens with one attached hydrogen (secondary N) is 3. The summed E-state index contributed by atoms with van der Waals surface area (Å²) in [5, 5.41) is 8.55. The van der Waals surface area contributed by atoms with Crippen molar-refractivity contribution in [2.75, 3.05) is 19.6 Å². The van der Waals surface area contributed by atoms with Gasteiger partial charge in [-0.05, 0) is 31.7 Å². The van der Waals surface area contributed by atoms with Crippen molar-refractivity contribution in [1.29, 1.82) is 0 Å². The zero-order valence-electron chi connectivity index (χ0n) is 10.9. The molecule has 0 aromatic carbocycles. The number of hydrogen-bond acceptors (Lipinski definition) is 3. The molecule has 0 radical (unpaired) electrons. The average Bonchev–Trinajstić information content (AvgIpc) is 2.26. The van der Waals surface area contributed by atoms with Crippen LogP contribution in [0.1, 0.15) is 33.6 Å². The molecular weight excluding hydrogens is 218 g/mol. The second kappa shape index (κ2) is 6.00. The first kappa shape index (κ1) is 14.0. The molecule has 17 heavy (non-hydrogen) atoms. The van der Waals surface area contributed by atoms with Gasteiger partial charge in [-0.2, -0.15) is 0 Å². The lowest BCUT2D eigenvalue weighted by atomic mass is 9.77. The second-order valence-corrected chi connectivity index (χ2v) is 5.15. The van der Waals surface area contributed by atoms with Crippen LogP contribution in [0.25, 0.3) is 0 Å². The fraction of sp³-hybridized carbons (Fsp3) is 0.833. The summed E-state index contributed by atoms with van der Waals surface area (Å²) in [4.78, 5) is 23.2. The van der Waals surface area contributed by atoms with Crippen LogP contribution in [-0.4, -0.2) is 37.5 Å². The molecule has 0 aromatic rings. The van der Waals surface area contributed by atoms with E-state index >= 15 is 0 Å². The first-order valence-corrected chi connectivity index (χ1v) is 6.25. The first-order chi connectivity index (χ1) is 7.97. The number of carbonyl (C=O) groups is 2. The third-order valence-electron chi connectivity index (χ3n) is 3.19. The highest BCUT2D eigenvalue weighted by Gasteiger charge is 2.36. The van der Waals surface area contributed by atoms with Gasteiger partial charge < -0.3 is 16.0 Å². The number of amides is 2. The van der Waals surface area contributed by atoms with Crippen molar-refractivity contribution in [1.82, 2.24) is 16.0 Å². The maximum atomic E-state index is 12.0. The molecule has 1 heterocycles. The largest absolute Gasteiger partial charge is 0.355 e. The molecule has 0 bridgehead atoms. The normalized spacial score (nSPS) is 22.9. The molecule has 0 aromatic heterocycles. The number of hydrogen-bond donors (Lipinski definition) is 3. The number of carbonyl (C=O) groups excluding carboxylic acids is 2. The first-order valence-electron chi connectivity index (χ1n) is 6.25. The van der Waals surface area contributed by atoms with Crippen molar-refractivity contribution >= 4 is 11.8 Å². The van der Waals surface area contributed by atoms with Crippen LogP contribution < -0.4 is 16.0 Å². The summed E-state index contributed by atoms with van der Waals surface area (Å²) in [6.07, 6.45) is 2.12. The third kappa shape index (κ3) is 4.00. The minimum atomic E-state index is -0.203. The molecule has 2 amide bonds. The molecule has 0 aliphatic carbocycles. The Morgan fingerprint density at radius 1 is 1.35 bits per heavy atom. The Morgan fingerprint density at radius 2 is 2.06 bits per heavy atom. The maximum Gasteiger partial charge on any atom is 0.239 e. The topological polar surface area (TPSA) is 70.2 Å². The summed E-state index contributed by atoms with van der Waals surface area (Å²) in [7, 11) is 0. The standard InChI is InChI=1S/C12H23N3O2/c1-4-13-9(16)8-15-11(17)10-12(2,3)6-5-7-14-10/h10,14H,4-8H2,1-3H3,(H,13,16)(H,15,17). The van der Waals surface area contributed by atoms with Gasteiger partial charge in [-0.25, -0.2) is 0 Å². The third-order valence-corrected chi connectivity index (χ3v) is 3.19. The van der Waals surface area contributed by atoms with E-state index in [0.717, 1.165) is 19.4 Å². The van der Waals surface area contributed by atoms with Crippen molar-refractivity contribution < 1.29 is 9.59 Å². The molecule has 1 rings (SSSR count). The molecule has 5 nitrogen and oxygen atoms in total. The predicted octanol–water partition coefficient (Wildman–Crippen LogP) is 0.0169. The van der Waals surface area contributed by atoms with Crippen LogP contribution in [0.5, 0.6) is 0 Å². The fourth-order valence-corrected chi connectivity index (χ4v) is 2.19.